The number of benzene rings is 2. The molecule has 5 heteroatoms. The highest BCUT2D eigenvalue weighted by Crippen LogP contribution is 2.24. The molecule has 3 rings (SSSR count). The van der Waals surface area contributed by atoms with Gasteiger partial charge in [0.05, 0.1) is 23.9 Å². The fourth-order valence-corrected chi connectivity index (χ4v) is 2.54. The normalized spacial score (nSPS) is 10.6. The number of phenols is 1. The molecule has 0 spiro atoms. The van der Waals surface area contributed by atoms with E-state index in [4.69, 9.17) is 0 Å². The first-order chi connectivity index (χ1) is 10.6. The third kappa shape index (κ3) is 3.09. The maximum absolute atomic E-state index is 12.5. The Bertz CT molecular complexity index is 813. The van der Waals surface area contributed by atoms with E-state index in [0.29, 0.717) is 12.1 Å². The molecule has 110 valence electrons. The number of phenolic OH excluding ortho intramolecular Hbond substituents is 1. The lowest BCUT2D eigenvalue weighted by Gasteiger charge is -2.03. The lowest BCUT2D eigenvalue weighted by molar-refractivity contribution is 0.103. The van der Waals surface area contributed by atoms with Crippen LogP contribution in [-0.2, 0) is 6.54 Å². The number of carbonyl (C=O) groups excluding carboxylic acids is 1. The van der Waals surface area contributed by atoms with Crippen LogP contribution in [0.25, 0.3) is 0 Å². The molecule has 2 aromatic carbocycles. The highest BCUT2D eigenvalue weighted by atomic mass is 79.9. The van der Waals surface area contributed by atoms with Crippen LogP contribution < -0.4 is 0 Å². The van der Waals surface area contributed by atoms with E-state index in [1.165, 1.54) is 12.3 Å². The molecule has 0 aliphatic rings. The van der Waals surface area contributed by atoms with Crippen LogP contribution in [0.2, 0.25) is 0 Å². The monoisotopic (exact) mass is 356 g/mol. The van der Waals surface area contributed by atoms with Crippen molar-refractivity contribution in [2.45, 2.75) is 6.54 Å². The van der Waals surface area contributed by atoms with Gasteiger partial charge in [-0.05, 0) is 23.8 Å². The molecule has 4 nitrogen and oxygen atoms in total. The number of halogens is 1. The van der Waals surface area contributed by atoms with E-state index in [9.17, 15) is 9.90 Å². The van der Waals surface area contributed by atoms with Gasteiger partial charge in [-0.1, -0.05) is 46.3 Å². The second-order valence-corrected chi connectivity index (χ2v) is 5.82. The zero-order valence-corrected chi connectivity index (χ0v) is 13.2. The van der Waals surface area contributed by atoms with E-state index >= 15 is 0 Å². The van der Waals surface area contributed by atoms with Crippen LogP contribution in [0.1, 0.15) is 21.5 Å². The molecule has 0 aliphatic heterocycles. The van der Waals surface area contributed by atoms with Gasteiger partial charge >= 0.3 is 0 Å². The molecular weight excluding hydrogens is 344 g/mol. The first-order valence-electron chi connectivity index (χ1n) is 6.73. The third-order valence-corrected chi connectivity index (χ3v) is 3.78. The highest BCUT2D eigenvalue weighted by Gasteiger charge is 2.16. The Kier molecular flexibility index (Phi) is 4.06. The lowest BCUT2D eigenvalue weighted by atomic mass is 10.1. The van der Waals surface area contributed by atoms with E-state index in [-0.39, 0.29) is 17.1 Å². The number of aromatic hydroxyl groups is 1. The van der Waals surface area contributed by atoms with Gasteiger partial charge in [-0.15, -0.1) is 0 Å². The van der Waals surface area contributed by atoms with Crippen molar-refractivity contribution in [1.29, 1.82) is 0 Å². The van der Waals surface area contributed by atoms with Crippen LogP contribution in [0, 0.1) is 0 Å². The van der Waals surface area contributed by atoms with Crippen molar-refractivity contribution in [3.8, 4) is 5.75 Å². The quantitative estimate of drug-likeness (QED) is 0.726. The highest BCUT2D eigenvalue weighted by molar-refractivity contribution is 9.10. The van der Waals surface area contributed by atoms with Crippen LogP contribution in [0.15, 0.2) is 65.4 Å². The summed E-state index contributed by atoms with van der Waals surface area (Å²) in [5.41, 5.74) is 1.81. The van der Waals surface area contributed by atoms with Crippen molar-refractivity contribution in [3.05, 3.63) is 82.1 Å². The predicted molar refractivity (Wildman–Crippen MR) is 87.0 cm³/mol. The van der Waals surface area contributed by atoms with Crippen LogP contribution >= 0.6 is 15.9 Å². The number of aromatic nitrogens is 2. The van der Waals surface area contributed by atoms with Crippen LogP contribution in [0.5, 0.6) is 5.75 Å². The molecule has 22 heavy (non-hydrogen) atoms. The number of hydrogen-bond acceptors (Lipinski definition) is 3. The average Bonchev–Trinajstić information content (AvgIpc) is 2.98. The van der Waals surface area contributed by atoms with Crippen molar-refractivity contribution < 1.29 is 9.90 Å². The van der Waals surface area contributed by atoms with Gasteiger partial charge in [0.25, 0.3) is 0 Å². The molecule has 0 atom stereocenters. The average molecular weight is 357 g/mol. The standard InChI is InChI=1S/C17H13BrN2O2/c18-14-6-7-16(21)15(8-14)17(22)13-9-19-20(11-13)10-12-4-2-1-3-5-12/h1-9,11,21H,10H2. The number of hydrogen-bond donors (Lipinski definition) is 1. The number of carbonyl (C=O) groups is 1. The molecule has 1 heterocycles. The third-order valence-electron chi connectivity index (χ3n) is 3.29. The van der Waals surface area contributed by atoms with Crippen molar-refractivity contribution in [2.75, 3.05) is 0 Å². The van der Waals surface area contributed by atoms with Crippen molar-refractivity contribution in [3.63, 3.8) is 0 Å². The van der Waals surface area contributed by atoms with Gasteiger partial charge in [-0.3, -0.25) is 9.48 Å². The van der Waals surface area contributed by atoms with Crippen LogP contribution in [0.3, 0.4) is 0 Å². The summed E-state index contributed by atoms with van der Waals surface area (Å²) >= 11 is 3.30. The molecule has 0 aliphatic carbocycles. The van der Waals surface area contributed by atoms with E-state index < -0.39 is 0 Å². The van der Waals surface area contributed by atoms with E-state index in [1.807, 2.05) is 30.3 Å². The smallest absolute Gasteiger partial charge is 0.199 e. The van der Waals surface area contributed by atoms with E-state index in [0.717, 1.165) is 10.0 Å². The molecule has 1 N–H and O–H groups in total. The van der Waals surface area contributed by atoms with Crippen molar-refractivity contribution in [2.24, 2.45) is 0 Å². The summed E-state index contributed by atoms with van der Waals surface area (Å²) in [4.78, 5) is 12.5. The molecule has 0 saturated heterocycles. The largest absolute Gasteiger partial charge is 0.507 e. The summed E-state index contributed by atoms with van der Waals surface area (Å²) < 4.78 is 2.45. The summed E-state index contributed by atoms with van der Waals surface area (Å²) in [7, 11) is 0. The summed E-state index contributed by atoms with van der Waals surface area (Å²) in [6, 6.07) is 14.7. The number of nitrogens with zero attached hydrogens (tertiary/aromatic N) is 2. The Morgan fingerprint density at radius 3 is 2.73 bits per heavy atom. The molecule has 0 bridgehead atoms. The number of ketones is 1. The van der Waals surface area contributed by atoms with Crippen molar-refractivity contribution >= 4 is 21.7 Å². The Hall–Kier alpha value is -2.40. The van der Waals surface area contributed by atoms with Gasteiger partial charge in [0, 0.05) is 10.7 Å². The van der Waals surface area contributed by atoms with Gasteiger partial charge in [-0.2, -0.15) is 5.10 Å². The van der Waals surface area contributed by atoms with Gasteiger partial charge in [0.15, 0.2) is 5.78 Å². The van der Waals surface area contributed by atoms with Crippen molar-refractivity contribution in [1.82, 2.24) is 9.78 Å². The van der Waals surface area contributed by atoms with Gasteiger partial charge in [0.2, 0.25) is 0 Å². The Balaban J connectivity index is 1.84. The zero-order chi connectivity index (χ0) is 15.5. The predicted octanol–water partition coefficient (Wildman–Crippen LogP) is 3.63. The Labute approximate surface area is 136 Å². The molecule has 0 unspecified atom stereocenters. The van der Waals surface area contributed by atoms with E-state index in [1.54, 1.807) is 23.0 Å². The maximum atomic E-state index is 12.5. The minimum Gasteiger partial charge on any atom is -0.507 e. The SMILES string of the molecule is O=C(c1cnn(Cc2ccccc2)c1)c1cc(Br)ccc1O. The minimum atomic E-state index is -0.252. The molecule has 0 amide bonds. The van der Waals surface area contributed by atoms with Crippen LogP contribution in [0.4, 0.5) is 0 Å². The summed E-state index contributed by atoms with van der Waals surface area (Å²) in [6.45, 7) is 0.596. The summed E-state index contributed by atoms with van der Waals surface area (Å²) in [5.74, 6) is -0.290. The molecule has 0 radical (unpaired) electrons. The first kappa shape index (κ1) is 14.5. The van der Waals surface area contributed by atoms with Crippen LogP contribution in [-0.4, -0.2) is 20.7 Å². The van der Waals surface area contributed by atoms with Gasteiger partial charge < -0.3 is 5.11 Å². The minimum absolute atomic E-state index is 0.0380. The van der Waals surface area contributed by atoms with Gasteiger partial charge in [-0.25, -0.2) is 0 Å². The van der Waals surface area contributed by atoms with Gasteiger partial charge in [0.1, 0.15) is 5.75 Å². The molecule has 0 saturated carbocycles. The molecule has 3 aromatic rings. The lowest BCUT2D eigenvalue weighted by Crippen LogP contribution is -2.02. The Morgan fingerprint density at radius 1 is 1.18 bits per heavy atom. The fourth-order valence-electron chi connectivity index (χ4n) is 2.18. The molecular formula is C17H13BrN2O2. The first-order valence-corrected chi connectivity index (χ1v) is 7.52. The number of rotatable bonds is 4. The summed E-state index contributed by atoms with van der Waals surface area (Å²) in [5, 5.41) is 14.1. The Morgan fingerprint density at radius 2 is 1.95 bits per heavy atom. The second-order valence-electron chi connectivity index (χ2n) is 4.90. The fraction of sp³-hybridized carbons (Fsp3) is 0.0588. The van der Waals surface area contributed by atoms with E-state index in [2.05, 4.69) is 21.0 Å². The maximum Gasteiger partial charge on any atom is 0.199 e. The molecule has 1 aromatic heterocycles. The topological polar surface area (TPSA) is 55.1 Å². The zero-order valence-electron chi connectivity index (χ0n) is 11.6. The second kappa shape index (κ2) is 6.15. The molecule has 0 fully saturated rings. The summed E-state index contributed by atoms with van der Waals surface area (Å²) in [6.07, 6.45) is 3.21.